The molecule has 9 nitrogen and oxygen atoms in total. The number of hydrogen-bond acceptors (Lipinski definition) is 7. The molecule has 2 aromatic rings. The third kappa shape index (κ3) is 11.0. The second-order valence-electron chi connectivity index (χ2n) is 12.3. The van der Waals surface area contributed by atoms with Crippen LogP contribution < -0.4 is 10.6 Å². The molecule has 2 heterocycles. The van der Waals surface area contributed by atoms with Crippen molar-refractivity contribution in [3.05, 3.63) is 41.0 Å². The van der Waals surface area contributed by atoms with E-state index in [2.05, 4.69) is 31.5 Å². The molecule has 1 unspecified atom stereocenters. The number of β-amino-alcohol motifs (C(OH)–C–C–N with tert-alkyl or cyclic N) is 1. The summed E-state index contributed by atoms with van der Waals surface area (Å²) in [6, 6.07) is 6.33. The summed E-state index contributed by atoms with van der Waals surface area (Å²) in [4.78, 5) is 46.7. The van der Waals surface area contributed by atoms with E-state index >= 15 is 0 Å². The van der Waals surface area contributed by atoms with Gasteiger partial charge in [0.2, 0.25) is 17.7 Å². The molecular formula is C32H47BrN4O5S. The number of likely N-dealkylation sites (tertiary alicyclic amines) is 1. The topological polar surface area (TPSA) is 121 Å². The fourth-order valence-corrected chi connectivity index (χ4v) is 6.16. The van der Waals surface area contributed by atoms with Gasteiger partial charge >= 0.3 is 0 Å². The number of halogens is 1. The van der Waals surface area contributed by atoms with Crippen LogP contribution in [0.25, 0.3) is 10.4 Å². The van der Waals surface area contributed by atoms with Crippen LogP contribution >= 0.6 is 27.3 Å². The summed E-state index contributed by atoms with van der Waals surface area (Å²) in [6.45, 7) is 9.51. The highest BCUT2D eigenvalue weighted by atomic mass is 79.9. The highest BCUT2D eigenvalue weighted by molar-refractivity contribution is 9.09. The number of aromatic nitrogens is 1. The van der Waals surface area contributed by atoms with Crippen LogP contribution in [-0.2, 0) is 25.7 Å². The van der Waals surface area contributed by atoms with E-state index < -0.39 is 23.6 Å². The lowest BCUT2D eigenvalue weighted by Crippen LogP contribution is -2.57. The van der Waals surface area contributed by atoms with E-state index in [1.807, 2.05) is 57.5 Å². The van der Waals surface area contributed by atoms with E-state index in [0.29, 0.717) is 13.0 Å². The molecular weight excluding hydrogens is 632 g/mol. The number of ether oxygens (including phenoxy) is 1. The number of aliphatic hydroxyl groups is 1. The molecule has 3 amide bonds. The first-order chi connectivity index (χ1) is 20.5. The maximum absolute atomic E-state index is 13.8. The summed E-state index contributed by atoms with van der Waals surface area (Å²) >= 11 is 4.98. The zero-order valence-electron chi connectivity index (χ0n) is 25.9. The number of alkyl halides is 1. The Bertz CT molecular complexity index is 1180. The Balaban J connectivity index is 1.52. The average Bonchev–Trinajstić information content (AvgIpc) is 3.58. The fourth-order valence-electron chi connectivity index (χ4n) is 5.12. The predicted molar refractivity (Wildman–Crippen MR) is 174 cm³/mol. The van der Waals surface area contributed by atoms with Gasteiger partial charge < -0.3 is 25.4 Å². The Kier molecular flexibility index (Phi) is 14.1. The van der Waals surface area contributed by atoms with Crippen molar-refractivity contribution in [2.75, 3.05) is 25.1 Å². The van der Waals surface area contributed by atoms with Gasteiger partial charge in [0.25, 0.3) is 0 Å². The van der Waals surface area contributed by atoms with Crippen LogP contribution in [0.1, 0.15) is 77.0 Å². The lowest BCUT2D eigenvalue weighted by Gasteiger charge is -2.35. The summed E-state index contributed by atoms with van der Waals surface area (Å²) in [5.41, 5.74) is 4.24. The van der Waals surface area contributed by atoms with E-state index in [0.717, 1.165) is 72.3 Å². The van der Waals surface area contributed by atoms with Gasteiger partial charge in [-0.3, -0.25) is 14.4 Å². The lowest BCUT2D eigenvalue weighted by molar-refractivity contribution is -0.144. The van der Waals surface area contributed by atoms with Gasteiger partial charge in [-0.15, -0.1) is 11.3 Å². The molecule has 11 heteroatoms. The summed E-state index contributed by atoms with van der Waals surface area (Å²) in [5.74, 6) is -0.843. The standard InChI is InChI=1S/C32H47BrN4O5S/c1-22-28(43-21-35-22)24-13-11-23(12-14-24)19-34-30(40)26-18-25(38)20-37(26)31(41)29(32(2,3)4)36-27(39)10-7-5-6-8-16-42-17-9-15-33/h11-14,21,25-26,29,38H,5-10,15-20H2,1-4H3,(H,34,40)(H,36,39)/t25-,26+,29?/m1/s1. The molecule has 43 heavy (non-hydrogen) atoms. The van der Waals surface area contributed by atoms with Gasteiger partial charge in [-0.1, -0.05) is 73.8 Å². The first kappa shape index (κ1) is 35.1. The molecule has 1 aromatic heterocycles. The van der Waals surface area contributed by atoms with Crippen LogP contribution in [0, 0.1) is 12.3 Å². The van der Waals surface area contributed by atoms with Crippen LogP contribution in [0.5, 0.6) is 0 Å². The van der Waals surface area contributed by atoms with Crippen LogP contribution in [0.4, 0.5) is 0 Å². The Hall–Kier alpha value is -2.34. The molecule has 1 aromatic carbocycles. The predicted octanol–water partition coefficient (Wildman–Crippen LogP) is 4.98. The smallest absolute Gasteiger partial charge is 0.246 e. The third-order valence-corrected chi connectivity index (χ3v) is 9.11. The van der Waals surface area contributed by atoms with Crippen molar-refractivity contribution < 1.29 is 24.2 Å². The zero-order valence-corrected chi connectivity index (χ0v) is 28.3. The summed E-state index contributed by atoms with van der Waals surface area (Å²) < 4.78 is 5.56. The number of rotatable bonds is 16. The number of amides is 3. The van der Waals surface area contributed by atoms with E-state index in [9.17, 15) is 19.5 Å². The van der Waals surface area contributed by atoms with Gasteiger partial charge in [-0.25, -0.2) is 4.98 Å². The van der Waals surface area contributed by atoms with Crippen molar-refractivity contribution in [1.29, 1.82) is 0 Å². The number of thiazole rings is 1. The van der Waals surface area contributed by atoms with Gasteiger partial charge in [0.15, 0.2) is 0 Å². The van der Waals surface area contributed by atoms with Crippen LogP contribution in [-0.4, -0.2) is 76.0 Å². The van der Waals surface area contributed by atoms with E-state index in [1.54, 1.807) is 11.3 Å². The highest BCUT2D eigenvalue weighted by Gasteiger charge is 2.44. The van der Waals surface area contributed by atoms with E-state index in [4.69, 9.17) is 4.74 Å². The van der Waals surface area contributed by atoms with Gasteiger partial charge in [0.1, 0.15) is 12.1 Å². The first-order valence-corrected chi connectivity index (χ1v) is 17.2. The quantitative estimate of drug-likeness (QED) is 0.170. The number of aliphatic hydroxyl groups excluding tert-OH is 1. The minimum Gasteiger partial charge on any atom is -0.391 e. The maximum atomic E-state index is 13.8. The minimum atomic E-state index is -0.814. The Morgan fingerprint density at radius 2 is 1.81 bits per heavy atom. The molecule has 1 aliphatic heterocycles. The number of carbonyl (C=O) groups excluding carboxylic acids is 3. The Morgan fingerprint density at radius 3 is 2.47 bits per heavy atom. The number of aryl methyl sites for hydroxylation is 1. The van der Waals surface area contributed by atoms with Crippen molar-refractivity contribution in [2.24, 2.45) is 5.41 Å². The summed E-state index contributed by atoms with van der Waals surface area (Å²) in [5, 5.41) is 17.2. The maximum Gasteiger partial charge on any atom is 0.246 e. The normalized spacial score (nSPS) is 17.6. The Morgan fingerprint density at radius 1 is 1.12 bits per heavy atom. The number of nitrogens with one attached hydrogen (secondary N) is 2. The molecule has 3 N–H and O–H groups in total. The van der Waals surface area contributed by atoms with Crippen molar-refractivity contribution in [3.63, 3.8) is 0 Å². The number of hydrogen-bond donors (Lipinski definition) is 3. The SMILES string of the molecule is Cc1ncsc1-c1ccc(CNC(=O)[C@@H]2C[C@@H](O)CN2C(=O)C(NC(=O)CCCCCCOCCCBr)C(C)(C)C)cc1. The minimum absolute atomic E-state index is 0.0555. The molecule has 1 saturated heterocycles. The number of benzene rings is 1. The second-order valence-corrected chi connectivity index (χ2v) is 13.9. The molecule has 1 fully saturated rings. The molecule has 238 valence electrons. The van der Waals surface area contributed by atoms with Crippen molar-refractivity contribution in [3.8, 4) is 10.4 Å². The second kappa shape index (κ2) is 17.2. The molecule has 0 bridgehead atoms. The van der Waals surface area contributed by atoms with Crippen LogP contribution in [0.3, 0.4) is 0 Å². The highest BCUT2D eigenvalue weighted by Crippen LogP contribution is 2.28. The monoisotopic (exact) mass is 678 g/mol. The van der Waals surface area contributed by atoms with Crippen molar-refractivity contribution in [1.82, 2.24) is 20.5 Å². The van der Waals surface area contributed by atoms with Gasteiger partial charge in [0.05, 0.1) is 22.2 Å². The van der Waals surface area contributed by atoms with E-state index in [1.165, 1.54) is 4.90 Å². The van der Waals surface area contributed by atoms with Gasteiger partial charge in [-0.05, 0) is 42.7 Å². The molecule has 0 saturated carbocycles. The largest absolute Gasteiger partial charge is 0.391 e. The van der Waals surface area contributed by atoms with E-state index in [-0.39, 0.29) is 30.7 Å². The lowest BCUT2D eigenvalue weighted by atomic mass is 9.85. The van der Waals surface area contributed by atoms with Crippen LogP contribution in [0.15, 0.2) is 29.8 Å². The fraction of sp³-hybridized carbons (Fsp3) is 0.625. The molecule has 0 aliphatic carbocycles. The molecule has 0 spiro atoms. The van der Waals surface area contributed by atoms with Crippen molar-refractivity contribution >= 4 is 45.0 Å². The molecule has 3 rings (SSSR count). The van der Waals surface area contributed by atoms with Gasteiger partial charge in [0, 0.05) is 44.5 Å². The van der Waals surface area contributed by atoms with Crippen LogP contribution in [0.2, 0.25) is 0 Å². The summed E-state index contributed by atoms with van der Waals surface area (Å²) in [6.07, 6.45) is 4.28. The molecule has 1 aliphatic rings. The zero-order chi connectivity index (χ0) is 31.4. The number of nitrogens with zero attached hydrogens (tertiary/aromatic N) is 2. The summed E-state index contributed by atoms with van der Waals surface area (Å²) in [7, 11) is 0. The first-order valence-electron chi connectivity index (χ1n) is 15.2. The Labute approximate surface area is 268 Å². The third-order valence-electron chi connectivity index (χ3n) is 7.58. The van der Waals surface area contributed by atoms with Crippen molar-refractivity contribution in [2.45, 2.75) is 97.4 Å². The average molecular weight is 680 g/mol. The molecule has 3 atom stereocenters. The molecule has 0 radical (unpaired) electrons. The number of unbranched alkanes of at least 4 members (excludes halogenated alkanes) is 3. The van der Waals surface area contributed by atoms with Gasteiger partial charge in [-0.2, -0.15) is 0 Å². The number of carbonyl (C=O) groups is 3.